The van der Waals surface area contributed by atoms with E-state index in [4.69, 9.17) is 5.73 Å². The summed E-state index contributed by atoms with van der Waals surface area (Å²) in [5, 5.41) is 1.92. The van der Waals surface area contributed by atoms with Gasteiger partial charge in [-0.25, -0.2) is 9.37 Å². The average molecular weight is 404 g/mol. The van der Waals surface area contributed by atoms with Gasteiger partial charge in [0.2, 0.25) is 0 Å². The van der Waals surface area contributed by atoms with E-state index in [2.05, 4.69) is 9.97 Å². The van der Waals surface area contributed by atoms with Gasteiger partial charge >= 0.3 is 6.18 Å². The fourth-order valence-corrected chi connectivity index (χ4v) is 2.66. The van der Waals surface area contributed by atoms with Crippen molar-refractivity contribution in [1.82, 2.24) is 15.3 Å². The highest BCUT2D eigenvalue weighted by Crippen LogP contribution is 2.29. The third-order valence-corrected chi connectivity index (χ3v) is 4.24. The summed E-state index contributed by atoms with van der Waals surface area (Å²) in [6.07, 6.45) is -1.95. The highest BCUT2D eigenvalue weighted by Gasteiger charge is 2.37. The number of halogens is 4. The highest BCUT2D eigenvalue weighted by molar-refractivity contribution is 6.01. The number of nitrogens with zero attached hydrogens (tertiary/aromatic N) is 2. The Hall–Kier alpha value is -3.49. The van der Waals surface area contributed by atoms with E-state index in [0.29, 0.717) is 11.1 Å². The molecule has 1 aromatic heterocycles. The van der Waals surface area contributed by atoms with Gasteiger partial charge in [0.25, 0.3) is 5.91 Å². The van der Waals surface area contributed by atoms with Crippen molar-refractivity contribution in [3.63, 3.8) is 0 Å². The van der Waals surface area contributed by atoms with Crippen LogP contribution in [0.2, 0.25) is 0 Å². The smallest absolute Gasteiger partial charge is 0.382 e. The molecule has 1 unspecified atom stereocenters. The minimum atomic E-state index is -4.57. The number of nitrogen functional groups attached to an aromatic ring is 1. The number of nitrogens with one attached hydrogen (secondary N) is 1. The summed E-state index contributed by atoms with van der Waals surface area (Å²) in [5.41, 5.74) is 6.56. The molecule has 2 aromatic carbocycles. The van der Waals surface area contributed by atoms with Crippen LogP contribution >= 0.6 is 0 Å². The third-order valence-electron chi connectivity index (χ3n) is 4.24. The molecule has 0 bridgehead atoms. The fourth-order valence-electron chi connectivity index (χ4n) is 2.66. The first-order valence-corrected chi connectivity index (χ1v) is 8.51. The molecule has 9 heteroatoms. The Kier molecular flexibility index (Phi) is 5.49. The molecule has 0 aliphatic carbocycles. The van der Waals surface area contributed by atoms with Gasteiger partial charge in [0, 0.05) is 11.1 Å². The van der Waals surface area contributed by atoms with Gasteiger partial charge in [0.1, 0.15) is 17.7 Å². The molecular formula is C20H16F4N4O. The SMILES string of the molecule is CC(NC(=O)c1ccccc1-c1ccc(-c2cnc(N)cn2)c(F)c1)C(F)(F)F. The minimum absolute atomic E-state index is 0.00280. The summed E-state index contributed by atoms with van der Waals surface area (Å²) in [5.74, 6) is -1.33. The van der Waals surface area contributed by atoms with E-state index in [9.17, 15) is 22.4 Å². The second-order valence-corrected chi connectivity index (χ2v) is 6.30. The molecule has 0 aliphatic heterocycles. The van der Waals surface area contributed by atoms with Crippen LogP contribution in [-0.2, 0) is 0 Å². The van der Waals surface area contributed by atoms with E-state index >= 15 is 0 Å². The van der Waals surface area contributed by atoms with E-state index in [0.717, 1.165) is 6.92 Å². The summed E-state index contributed by atoms with van der Waals surface area (Å²) >= 11 is 0. The maximum atomic E-state index is 14.7. The summed E-state index contributed by atoms with van der Waals surface area (Å²) in [4.78, 5) is 20.2. The molecule has 3 rings (SSSR count). The zero-order valence-corrected chi connectivity index (χ0v) is 15.2. The Morgan fingerprint density at radius 2 is 1.79 bits per heavy atom. The van der Waals surface area contributed by atoms with Gasteiger partial charge in [-0.2, -0.15) is 13.2 Å². The molecule has 1 heterocycles. The lowest BCUT2D eigenvalue weighted by Gasteiger charge is -2.18. The maximum absolute atomic E-state index is 14.7. The van der Waals surface area contributed by atoms with Gasteiger partial charge in [-0.1, -0.05) is 24.3 Å². The van der Waals surface area contributed by atoms with Crippen LogP contribution in [-0.4, -0.2) is 28.1 Å². The normalized spacial score (nSPS) is 12.4. The first kappa shape index (κ1) is 20.2. The highest BCUT2D eigenvalue weighted by atomic mass is 19.4. The van der Waals surface area contributed by atoms with Gasteiger partial charge in [-0.3, -0.25) is 9.78 Å². The second kappa shape index (κ2) is 7.86. The number of hydrogen-bond acceptors (Lipinski definition) is 4. The number of anilines is 1. The standard InChI is InChI=1S/C20H16F4N4O/c1-11(20(22,23)24)28-19(29)14-5-3-2-4-13(14)12-6-7-15(16(21)8-12)17-9-27-18(25)10-26-17/h2-11H,1H3,(H2,25,27)(H,28,29). The largest absolute Gasteiger partial charge is 0.408 e. The Labute approximate surface area is 163 Å². The first-order valence-electron chi connectivity index (χ1n) is 8.51. The number of carbonyl (C=O) groups excluding carboxylic acids is 1. The quantitative estimate of drug-likeness (QED) is 0.639. The summed E-state index contributed by atoms with van der Waals surface area (Å²) in [6.45, 7) is 0.850. The summed E-state index contributed by atoms with van der Waals surface area (Å²) < 4.78 is 52.9. The average Bonchev–Trinajstić information content (AvgIpc) is 2.68. The zero-order valence-electron chi connectivity index (χ0n) is 15.2. The number of amides is 1. The molecule has 29 heavy (non-hydrogen) atoms. The van der Waals surface area contributed by atoms with Crippen LogP contribution in [0, 0.1) is 5.82 Å². The van der Waals surface area contributed by atoms with Gasteiger partial charge in [0.15, 0.2) is 0 Å². The number of nitrogens with two attached hydrogens (primary N) is 1. The van der Waals surface area contributed by atoms with Crippen LogP contribution in [0.25, 0.3) is 22.4 Å². The fraction of sp³-hybridized carbons (Fsp3) is 0.150. The molecule has 3 aromatic rings. The van der Waals surface area contributed by atoms with E-state index in [1.165, 1.54) is 42.7 Å². The predicted octanol–water partition coefficient (Wildman–Crippen LogP) is 4.21. The van der Waals surface area contributed by atoms with Crippen molar-refractivity contribution in [2.45, 2.75) is 19.1 Å². The lowest BCUT2D eigenvalue weighted by atomic mass is 9.97. The van der Waals surface area contributed by atoms with Gasteiger partial charge in [-0.05, 0) is 36.2 Å². The van der Waals surface area contributed by atoms with E-state index in [1.807, 2.05) is 5.32 Å². The van der Waals surface area contributed by atoms with Crippen molar-refractivity contribution in [1.29, 1.82) is 0 Å². The molecule has 5 nitrogen and oxygen atoms in total. The minimum Gasteiger partial charge on any atom is -0.382 e. The molecule has 0 fully saturated rings. The van der Waals surface area contributed by atoms with Crippen LogP contribution in [0.4, 0.5) is 23.4 Å². The first-order chi connectivity index (χ1) is 13.7. The predicted molar refractivity (Wildman–Crippen MR) is 100 cm³/mol. The molecule has 0 saturated heterocycles. The lowest BCUT2D eigenvalue weighted by molar-refractivity contribution is -0.149. The molecule has 0 saturated carbocycles. The van der Waals surface area contributed by atoms with Gasteiger partial charge in [0.05, 0.1) is 18.1 Å². The molecule has 0 radical (unpaired) electrons. The molecule has 0 aliphatic rings. The third kappa shape index (κ3) is 4.50. The van der Waals surface area contributed by atoms with Crippen LogP contribution in [0.3, 0.4) is 0 Å². The Morgan fingerprint density at radius 3 is 2.41 bits per heavy atom. The zero-order chi connectivity index (χ0) is 21.2. The molecule has 1 atom stereocenters. The Bertz CT molecular complexity index is 1040. The number of alkyl halides is 3. The lowest BCUT2D eigenvalue weighted by Crippen LogP contribution is -2.43. The van der Waals surface area contributed by atoms with Crippen molar-refractivity contribution in [3.05, 3.63) is 66.2 Å². The summed E-state index contributed by atoms with van der Waals surface area (Å²) in [7, 11) is 0. The van der Waals surface area contributed by atoms with Crippen molar-refractivity contribution in [2.75, 3.05) is 5.73 Å². The topological polar surface area (TPSA) is 80.9 Å². The van der Waals surface area contributed by atoms with Crippen molar-refractivity contribution in [2.24, 2.45) is 0 Å². The summed E-state index contributed by atoms with van der Waals surface area (Å²) in [6, 6.07) is 8.21. The molecule has 150 valence electrons. The van der Waals surface area contributed by atoms with Gasteiger partial charge in [-0.15, -0.1) is 0 Å². The van der Waals surface area contributed by atoms with Crippen LogP contribution in [0.1, 0.15) is 17.3 Å². The van der Waals surface area contributed by atoms with E-state index in [1.54, 1.807) is 12.1 Å². The van der Waals surface area contributed by atoms with Crippen molar-refractivity contribution >= 4 is 11.7 Å². The van der Waals surface area contributed by atoms with E-state index in [-0.39, 0.29) is 22.6 Å². The van der Waals surface area contributed by atoms with Crippen molar-refractivity contribution in [3.8, 4) is 22.4 Å². The maximum Gasteiger partial charge on any atom is 0.408 e. The van der Waals surface area contributed by atoms with Crippen LogP contribution in [0.5, 0.6) is 0 Å². The van der Waals surface area contributed by atoms with Crippen LogP contribution in [0.15, 0.2) is 54.9 Å². The van der Waals surface area contributed by atoms with Crippen molar-refractivity contribution < 1.29 is 22.4 Å². The van der Waals surface area contributed by atoms with Crippen LogP contribution < -0.4 is 11.1 Å². The second-order valence-electron chi connectivity index (χ2n) is 6.30. The Morgan fingerprint density at radius 1 is 1.07 bits per heavy atom. The molecule has 3 N–H and O–H groups in total. The molecule has 1 amide bonds. The Balaban J connectivity index is 1.95. The van der Waals surface area contributed by atoms with E-state index < -0.39 is 23.9 Å². The monoisotopic (exact) mass is 404 g/mol. The molecular weight excluding hydrogens is 388 g/mol. The van der Waals surface area contributed by atoms with Gasteiger partial charge < -0.3 is 11.1 Å². The molecule has 0 spiro atoms. The number of hydrogen-bond donors (Lipinski definition) is 2. The number of carbonyl (C=O) groups is 1. The number of aromatic nitrogens is 2. The number of rotatable bonds is 4. The number of benzene rings is 2.